The third-order valence-corrected chi connectivity index (χ3v) is 4.73. The van der Waals surface area contributed by atoms with Gasteiger partial charge in [0.2, 0.25) is 0 Å². The SMILES string of the molecule is O=C(NC1CCCCc2cc(Br)ccc21)N[C@@H]1CCOC1. The number of carbonyl (C=O) groups excluding carboxylic acids is 1. The van der Waals surface area contributed by atoms with Crippen molar-refractivity contribution in [3.8, 4) is 0 Å². The first-order valence-electron chi connectivity index (χ1n) is 7.65. The van der Waals surface area contributed by atoms with Crippen LogP contribution in [-0.2, 0) is 11.2 Å². The zero-order valence-corrected chi connectivity index (χ0v) is 13.6. The summed E-state index contributed by atoms with van der Waals surface area (Å²) in [7, 11) is 0. The van der Waals surface area contributed by atoms with Gasteiger partial charge < -0.3 is 15.4 Å². The molecule has 0 radical (unpaired) electrons. The van der Waals surface area contributed by atoms with E-state index in [2.05, 4.69) is 44.8 Å². The number of ether oxygens (including phenoxy) is 1. The number of aryl methyl sites for hydroxylation is 1. The molecule has 5 heteroatoms. The topological polar surface area (TPSA) is 50.4 Å². The molecule has 0 aromatic heterocycles. The summed E-state index contributed by atoms with van der Waals surface area (Å²) < 4.78 is 6.40. The van der Waals surface area contributed by atoms with Gasteiger partial charge in [-0.15, -0.1) is 0 Å². The summed E-state index contributed by atoms with van der Waals surface area (Å²) in [6, 6.07) is 6.55. The van der Waals surface area contributed by atoms with E-state index in [9.17, 15) is 4.79 Å². The van der Waals surface area contributed by atoms with E-state index in [1.807, 2.05) is 0 Å². The molecule has 1 unspecified atom stereocenters. The van der Waals surface area contributed by atoms with Gasteiger partial charge in [-0.1, -0.05) is 28.4 Å². The summed E-state index contributed by atoms with van der Waals surface area (Å²) in [5.74, 6) is 0. The minimum absolute atomic E-state index is 0.0775. The number of rotatable bonds is 2. The maximum Gasteiger partial charge on any atom is 0.315 e. The van der Waals surface area contributed by atoms with E-state index >= 15 is 0 Å². The van der Waals surface area contributed by atoms with Crippen molar-refractivity contribution in [2.24, 2.45) is 0 Å². The Balaban J connectivity index is 1.68. The van der Waals surface area contributed by atoms with Crippen LogP contribution in [0.25, 0.3) is 0 Å². The molecule has 1 aromatic carbocycles. The van der Waals surface area contributed by atoms with Gasteiger partial charge >= 0.3 is 6.03 Å². The molecule has 4 nitrogen and oxygen atoms in total. The third kappa shape index (κ3) is 3.77. The fraction of sp³-hybridized carbons (Fsp3) is 0.562. The molecule has 0 spiro atoms. The summed E-state index contributed by atoms with van der Waals surface area (Å²) >= 11 is 3.53. The Kier molecular flexibility index (Phi) is 4.80. The van der Waals surface area contributed by atoms with E-state index in [0.29, 0.717) is 6.61 Å². The minimum Gasteiger partial charge on any atom is -0.379 e. The molecular weight excluding hydrogens is 332 g/mol. The van der Waals surface area contributed by atoms with Gasteiger partial charge in [-0.25, -0.2) is 4.79 Å². The van der Waals surface area contributed by atoms with E-state index < -0.39 is 0 Å². The number of hydrogen-bond acceptors (Lipinski definition) is 2. The average Bonchev–Trinajstić information content (AvgIpc) is 2.87. The molecule has 0 saturated carbocycles. The van der Waals surface area contributed by atoms with Crippen LogP contribution in [0.3, 0.4) is 0 Å². The van der Waals surface area contributed by atoms with Gasteiger partial charge in [0.15, 0.2) is 0 Å². The number of urea groups is 1. The van der Waals surface area contributed by atoms with Gasteiger partial charge in [0.25, 0.3) is 0 Å². The first-order chi connectivity index (χ1) is 10.2. The molecule has 1 aliphatic heterocycles. The third-order valence-electron chi connectivity index (χ3n) is 4.24. The molecule has 2 amide bonds. The van der Waals surface area contributed by atoms with Crippen molar-refractivity contribution in [3.05, 3.63) is 33.8 Å². The van der Waals surface area contributed by atoms with E-state index in [1.165, 1.54) is 17.5 Å². The van der Waals surface area contributed by atoms with Crippen LogP contribution in [0.5, 0.6) is 0 Å². The number of nitrogens with one attached hydrogen (secondary N) is 2. The lowest BCUT2D eigenvalue weighted by molar-refractivity contribution is 0.188. The number of hydrogen-bond donors (Lipinski definition) is 2. The summed E-state index contributed by atoms with van der Waals surface area (Å²) in [6.07, 6.45) is 5.32. The second-order valence-electron chi connectivity index (χ2n) is 5.82. The first-order valence-corrected chi connectivity index (χ1v) is 8.45. The normalized spacial score (nSPS) is 25.0. The molecule has 3 rings (SSSR count). The lowest BCUT2D eigenvalue weighted by Gasteiger charge is -2.21. The molecule has 1 fully saturated rings. The number of fused-ring (bicyclic) bond motifs is 1. The zero-order chi connectivity index (χ0) is 14.7. The predicted molar refractivity (Wildman–Crippen MR) is 85.3 cm³/mol. The van der Waals surface area contributed by atoms with Crippen LogP contribution < -0.4 is 10.6 Å². The molecule has 0 bridgehead atoms. The lowest BCUT2D eigenvalue weighted by atomic mass is 9.99. The van der Waals surface area contributed by atoms with E-state index in [4.69, 9.17) is 4.74 Å². The molecule has 1 aromatic rings. The second kappa shape index (κ2) is 6.79. The van der Waals surface area contributed by atoms with Crippen molar-refractivity contribution in [3.63, 3.8) is 0 Å². The molecule has 114 valence electrons. The fourth-order valence-electron chi connectivity index (χ4n) is 3.13. The highest BCUT2D eigenvalue weighted by Crippen LogP contribution is 2.30. The average molecular weight is 353 g/mol. The van der Waals surface area contributed by atoms with Crippen LogP contribution in [0, 0.1) is 0 Å². The first kappa shape index (κ1) is 14.9. The van der Waals surface area contributed by atoms with Crippen LogP contribution in [0.4, 0.5) is 4.79 Å². The second-order valence-corrected chi connectivity index (χ2v) is 6.74. The van der Waals surface area contributed by atoms with Crippen molar-refractivity contribution in [2.75, 3.05) is 13.2 Å². The quantitative estimate of drug-likeness (QED) is 0.802. The smallest absolute Gasteiger partial charge is 0.315 e. The molecule has 1 aliphatic carbocycles. The standard InChI is InChI=1S/C16H21BrN2O2/c17-12-5-6-14-11(9-12)3-1-2-4-15(14)19-16(20)18-13-7-8-21-10-13/h5-6,9,13,15H,1-4,7-8,10H2,(H2,18,19,20)/t13-,15?/m1/s1. The predicted octanol–water partition coefficient (Wildman–Crippen LogP) is 3.30. The summed E-state index contributed by atoms with van der Waals surface area (Å²) in [6.45, 7) is 1.37. The fourth-order valence-corrected chi connectivity index (χ4v) is 3.54. The lowest BCUT2D eigenvalue weighted by Crippen LogP contribution is -2.43. The van der Waals surface area contributed by atoms with Gasteiger partial charge in [0.05, 0.1) is 18.7 Å². The Labute approximate surface area is 133 Å². The zero-order valence-electron chi connectivity index (χ0n) is 12.0. The molecule has 2 atom stereocenters. The Hall–Kier alpha value is -1.07. The van der Waals surface area contributed by atoms with Gasteiger partial charge in [-0.2, -0.15) is 0 Å². The van der Waals surface area contributed by atoms with Crippen molar-refractivity contribution in [1.29, 1.82) is 0 Å². The monoisotopic (exact) mass is 352 g/mol. The van der Waals surface area contributed by atoms with Gasteiger partial charge in [0.1, 0.15) is 0 Å². The van der Waals surface area contributed by atoms with Crippen molar-refractivity contribution in [2.45, 2.75) is 44.2 Å². The maximum absolute atomic E-state index is 12.2. The summed E-state index contributed by atoms with van der Waals surface area (Å²) in [5.41, 5.74) is 2.60. The molecule has 2 N–H and O–H groups in total. The molecule has 1 saturated heterocycles. The molecule has 1 heterocycles. The minimum atomic E-state index is -0.0775. The Bertz CT molecular complexity index is 515. The van der Waals surface area contributed by atoms with Crippen LogP contribution >= 0.6 is 15.9 Å². The Morgan fingerprint density at radius 1 is 1.24 bits per heavy atom. The number of benzene rings is 1. The van der Waals surface area contributed by atoms with Gasteiger partial charge in [0, 0.05) is 11.1 Å². The van der Waals surface area contributed by atoms with Crippen LogP contribution in [0.1, 0.15) is 42.9 Å². The highest BCUT2D eigenvalue weighted by Gasteiger charge is 2.23. The Morgan fingerprint density at radius 3 is 2.95 bits per heavy atom. The summed E-state index contributed by atoms with van der Waals surface area (Å²) in [5, 5.41) is 6.14. The van der Waals surface area contributed by atoms with Crippen molar-refractivity contribution < 1.29 is 9.53 Å². The van der Waals surface area contributed by atoms with Gasteiger partial charge in [-0.05, 0) is 48.9 Å². The van der Waals surface area contributed by atoms with Crippen LogP contribution in [0.2, 0.25) is 0 Å². The number of amides is 2. The molecule has 2 aliphatic rings. The number of halogens is 1. The molecule has 21 heavy (non-hydrogen) atoms. The van der Waals surface area contributed by atoms with Crippen molar-refractivity contribution >= 4 is 22.0 Å². The van der Waals surface area contributed by atoms with Crippen LogP contribution in [-0.4, -0.2) is 25.3 Å². The van der Waals surface area contributed by atoms with Crippen molar-refractivity contribution in [1.82, 2.24) is 10.6 Å². The van der Waals surface area contributed by atoms with E-state index in [1.54, 1.807) is 0 Å². The van der Waals surface area contributed by atoms with Crippen LogP contribution in [0.15, 0.2) is 22.7 Å². The Morgan fingerprint density at radius 2 is 2.14 bits per heavy atom. The van der Waals surface area contributed by atoms with E-state index in [0.717, 1.165) is 36.8 Å². The molecular formula is C16H21BrN2O2. The maximum atomic E-state index is 12.2. The highest BCUT2D eigenvalue weighted by molar-refractivity contribution is 9.10. The summed E-state index contributed by atoms with van der Waals surface area (Å²) in [4.78, 5) is 12.2. The highest BCUT2D eigenvalue weighted by atomic mass is 79.9. The van der Waals surface area contributed by atoms with E-state index in [-0.39, 0.29) is 18.1 Å². The number of carbonyl (C=O) groups is 1. The largest absolute Gasteiger partial charge is 0.379 e. The van der Waals surface area contributed by atoms with Gasteiger partial charge in [-0.3, -0.25) is 0 Å².